The molecule has 1 fully saturated rings. The standard InChI is InChI=1S/C11H15NO.C2H6/c1-3-5-6-9(4-2)10-7-8-11(13)12-10;1-2/h3-6,10H,2,7-8H2,1H3,(H,12,13);1-2H3/b5-3-,9-6+;. The zero-order valence-electron chi connectivity index (χ0n) is 9.92. The van der Waals surface area contributed by atoms with E-state index in [-0.39, 0.29) is 11.9 Å². The Bertz CT molecular complexity index is 264. The summed E-state index contributed by atoms with van der Waals surface area (Å²) in [4.78, 5) is 11.0. The molecular weight excluding hydrogens is 186 g/mol. The Morgan fingerprint density at radius 3 is 2.60 bits per heavy atom. The van der Waals surface area contributed by atoms with Gasteiger partial charge >= 0.3 is 0 Å². The van der Waals surface area contributed by atoms with Gasteiger partial charge in [-0.05, 0) is 18.9 Å². The van der Waals surface area contributed by atoms with Gasteiger partial charge in [0.1, 0.15) is 0 Å². The van der Waals surface area contributed by atoms with Crippen LogP contribution in [0.2, 0.25) is 0 Å². The molecule has 1 heterocycles. The first-order valence-corrected chi connectivity index (χ1v) is 5.52. The average Bonchev–Trinajstić information content (AvgIpc) is 2.69. The highest BCUT2D eigenvalue weighted by atomic mass is 16.1. The van der Waals surface area contributed by atoms with Crippen molar-refractivity contribution in [2.75, 3.05) is 0 Å². The van der Waals surface area contributed by atoms with E-state index in [0.29, 0.717) is 6.42 Å². The van der Waals surface area contributed by atoms with Crippen molar-refractivity contribution >= 4 is 5.91 Å². The highest BCUT2D eigenvalue weighted by Gasteiger charge is 2.21. The van der Waals surface area contributed by atoms with Gasteiger partial charge < -0.3 is 5.32 Å². The summed E-state index contributed by atoms with van der Waals surface area (Å²) in [6.07, 6.45) is 9.22. The summed E-state index contributed by atoms with van der Waals surface area (Å²) in [5.74, 6) is 0.137. The molecule has 0 aromatic heterocycles. The van der Waals surface area contributed by atoms with Gasteiger partial charge in [0, 0.05) is 6.42 Å². The van der Waals surface area contributed by atoms with Gasteiger partial charge in [-0.25, -0.2) is 0 Å². The number of carbonyl (C=O) groups is 1. The molecule has 1 saturated heterocycles. The van der Waals surface area contributed by atoms with E-state index >= 15 is 0 Å². The van der Waals surface area contributed by atoms with Crippen molar-refractivity contribution in [3.63, 3.8) is 0 Å². The molecule has 0 aromatic rings. The molecule has 1 atom stereocenters. The van der Waals surface area contributed by atoms with Crippen LogP contribution in [0.3, 0.4) is 0 Å². The van der Waals surface area contributed by atoms with E-state index in [2.05, 4.69) is 11.9 Å². The molecule has 2 nitrogen and oxygen atoms in total. The summed E-state index contributed by atoms with van der Waals surface area (Å²) in [5, 5.41) is 2.90. The Hall–Kier alpha value is -1.31. The van der Waals surface area contributed by atoms with Gasteiger partial charge in [-0.15, -0.1) is 0 Å². The molecule has 0 aromatic carbocycles. The molecule has 0 aliphatic carbocycles. The zero-order chi connectivity index (χ0) is 11.7. The van der Waals surface area contributed by atoms with Gasteiger partial charge in [0.15, 0.2) is 0 Å². The molecule has 2 heteroatoms. The number of hydrogen-bond donors (Lipinski definition) is 1. The van der Waals surface area contributed by atoms with Gasteiger partial charge in [0.05, 0.1) is 6.04 Å². The summed E-state index contributed by atoms with van der Waals surface area (Å²) < 4.78 is 0. The van der Waals surface area contributed by atoms with E-state index in [4.69, 9.17) is 0 Å². The summed E-state index contributed by atoms with van der Waals surface area (Å²) in [7, 11) is 0. The van der Waals surface area contributed by atoms with E-state index in [1.165, 1.54) is 0 Å². The minimum Gasteiger partial charge on any atom is -0.349 e. The molecule has 15 heavy (non-hydrogen) atoms. The van der Waals surface area contributed by atoms with Crippen LogP contribution in [0.15, 0.2) is 36.5 Å². The van der Waals surface area contributed by atoms with Crippen LogP contribution in [0, 0.1) is 0 Å². The highest BCUT2D eigenvalue weighted by molar-refractivity contribution is 5.79. The van der Waals surface area contributed by atoms with Crippen LogP contribution < -0.4 is 5.32 Å². The first-order valence-electron chi connectivity index (χ1n) is 5.52. The lowest BCUT2D eigenvalue weighted by atomic mass is 10.1. The van der Waals surface area contributed by atoms with Crippen molar-refractivity contribution in [1.29, 1.82) is 0 Å². The lowest BCUT2D eigenvalue weighted by Crippen LogP contribution is -2.26. The van der Waals surface area contributed by atoms with Crippen molar-refractivity contribution in [3.05, 3.63) is 36.5 Å². The Labute approximate surface area is 92.8 Å². The fraction of sp³-hybridized carbons (Fsp3) is 0.462. The maximum Gasteiger partial charge on any atom is 0.220 e. The molecule has 0 spiro atoms. The van der Waals surface area contributed by atoms with Gasteiger partial charge in [-0.1, -0.05) is 44.7 Å². The maximum atomic E-state index is 11.0. The zero-order valence-corrected chi connectivity index (χ0v) is 9.92. The van der Waals surface area contributed by atoms with Crippen molar-refractivity contribution in [2.24, 2.45) is 0 Å². The largest absolute Gasteiger partial charge is 0.349 e. The van der Waals surface area contributed by atoms with Crippen molar-refractivity contribution in [3.8, 4) is 0 Å². The smallest absolute Gasteiger partial charge is 0.220 e. The Kier molecular flexibility index (Phi) is 7.33. The predicted molar refractivity (Wildman–Crippen MR) is 65.6 cm³/mol. The van der Waals surface area contributed by atoms with Gasteiger partial charge in [-0.2, -0.15) is 0 Å². The van der Waals surface area contributed by atoms with Crippen molar-refractivity contribution in [1.82, 2.24) is 5.32 Å². The van der Waals surface area contributed by atoms with Crippen LogP contribution in [0.4, 0.5) is 0 Å². The van der Waals surface area contributed by atoms with E-state index in [1.807, 2.05) is 39.0 Å². The normalized spacial score (nSPS) is 20.9. The number of amides is 1. The second-order valence-electron chi connectivity index (χ2n) is 3.06. The average molecular weight is 207 g/mol. The van der Waals surface area contributed by atoms with Gasteiger partial charge in [0.25, 0.3) is 0 Å². The highest BCUT2D eigenvalue weighted by Crippen LogP contribution is 2.15. The summed E-state index contributed by atoms with van der Waals surface area (Å²) in [6, 6.07) is 0.168. The molecule has 1 amide bonds. The molecule has 0 radical (unpaired) electrons. The second-order valence-corrected chi connectivity index (χ2v) is 3.06. The van der Waals surface area contributed by atoms with E-state index in [1.54, 1.807) is 6.08 Å². The van der Waals surface area contributed by atoms with Crippen LogP contribution in [-0.2, 0) is 4.79 Å². The van der Waals surface area contributed by atoms with Crippen LogP contribution in [0.5, 0.6) is 0 Å². The SMILES string of the molecule is C=C/C(=C\C=C/C)C1CCC(=O)N1.CC. The van der Waals surface area contributed by atoms with Crippen molar-refractivity contribution in [2.45, 2.75) is 39.7 Å². The third kappa shape index (κ3) is 4.63. The second kappa shape index (κ2) is 8.04. The van der Waals surface area contributed by atoms with E-state index < -0.39 is 0 Å². The first-order chi connectivity index (χ1) is 7.27. The number of nitrogens with one attached hydrogen (secondary N) is 1. The van der Waals surface area contributed by atoms with Crippen LogP contribution >= 0.6 is 0 Å². The van der Waals surface area contributed by atoms with Crippen LogP contribution in [-0.4, -0.2) is 11.9 Å². The van der Waals surface area contributed by atoms with Crippen molar-refractivity contribution < 1.29 is 4.79 Å². The fourth-order valence-corrected chi connectivity index (χ4v) is 1.40. The monoisotopic (exact) mass is 207 g/mol. The molecule has 1 N–H and O–H groups in total. The summed E-state index contributed by atoms with van der Waals surface area (Å²) in [5.41, 5.74) is 1.09. The molecule has 1 aliphatic heterocycles. The molecule has 1 aliphatic rings. The number of rotatable bonds is 3. The topological polar surface area (TPSA) is 29.1 Å². The molecule has 0 saturated carbocycles. The third-order valence-electron chi connectivity index (χ3n) is 2.11. The Balaban J connectivity index is 0.000000921. The van der Waals surface area contributed by atoms with Crippen LogP contribution in [0.25, 0.3) is 0 Å². The quantitative estimate of drug-likeness (QED) is 0.708. The Morgan fingerprint density at radius 1 is 1.53 bits per heavy atom. The van der Waals surface area contributed by atoms with Gasteiger partial charge in [0.2, 0.25) is 5.91 Å². The lowest BCUT2D eigenvalue weighted by molar-refractivity contribution is -0.119. The number of carbonyl (C=O) groups excluding carboxylic acids is 1. The van der Waals surface area contributed by atoms with E-state index in [9.17, 15) is 4.79 Å². The fourth-order valence-electron chi connectivity index (χ4n) is 1.40. The number of allylic oxidation sites excluding steroid dienone is 3. The molecule has 1 unspecified atom stereocenters. The molecule has 84 valence electrons. The maximum absolute atomic E-state index is 11.0. The molecule has 0 bridgehead atoms. The molecular formula is C13H21NO. The van der Waals surface area contributed by atoms with Gasteiger partial charge in [-0.3, -0.25) is 4.79 Å². The summed E-state index contributed by atoms with van der Waals surface area (Å²) >= 11 is 0. The minimum atomic E-state index is 0.137. The predicted octanol–water partition coefficient (Wildman–Crippen LogP) is 2.98. The molecule has 1 rings (SSSR count). The summed E-state index contributed by atoms with van der Waals surface area (Å²) in [6.45, 7) is 9.69. The lowest BCUT2D eigenvalue weighted by Gasteiger charge is -2.09. The minimum absolute atomic E-state index is 0.137. The van der Waals surface area contributed by atoms with Crippen LogP contribution in [0.1, 0.15) is 33.6 Å². The van der Waals surface area contributed by atoms with E-state index in [0.717, 1.165) is 12.0 Å². The number of hydrogen-bond acceptors (Lipinski definition) is 1. The first kappa shape index (κ1) is 13.7. The Morgan fingerprint density at radius 2 is 2.20 bits per heavy atom. The third-order valence-corrected chi connectivity index (χ3v) is 2.11.